The number of hydrogen-bond acceptors (Lipinski definition) is 2. The smallest absolute Gasteiger partial charge is 0.0540 e. The molecule has 0 saturated heterocycles. The number of hydrogen-bond donors (Lipinski definition) is 2. The molecule has 0 aromatic rings. The van der Waals surface area contributed by atoms with E-state index in [-0.39, 0.29) is 12.2 Å². The molecule has 2 heteroatoms. The Morgan fingerprint density at radius 3 is 1.32 bits per heavy atom. The van der Waals surface area contributed by atoms with Crippen LogP contribution in [-0.4, -0.2) is 22.4 Å². The fraction of sp³-hybridized carbons (Fsp3) is 1.00. The molecule has 22 heavy (non-hydrogen) atoms. The van der Waals surface area contributed by atoms with Crippen LogP contribution in [0.1, 0.15) is 117 Å². The minimum Gasteiger partial charge on any atom is -0.393 e. The molecule has 0 aromatic heterocycles. The Morgan fingerprint density at radius 1 is 0.545 bits per heavy atom. The summed E-state index contributed by atoms with van der Waals surface area (Å²) in [7, 11) is 0. The summed E-state index contributed by atoms with van der Waals surface area (Å²) < 4.78 is 0. The van der Waals surface area contributed by atoms with Crippen molar-refractivity contribution in [3.8, 4) is 0 Å². The quantitative estimate of drug-likeness (QED) is 0.324. The lowest BCUT2D eigenvalue weighted by Gasteiger charge is -2.09. The van der Waals surface area contributed by atoms with Crippen molar-refractivity contribution in [1.82, 2.24) is 0 Å². The fourth-order valence-corrected chi connectivity index (χ4v) is 2.99. The molecular weight excluding hydrogens is 272 g/mol. The van der Waals surface area contributed by atoms with Crippen LogP contribution >= 0.6 is 0 Å². The normalized spacial score (nSPS) is 14.2. The molecule has 0 bridgehead atoms. The Balaban J connectivity index is 3.05. The highest BCUT2D eigenvalue weighted by Crippen LogP contribution is 2.14. The molecule has 0 fully saturated rings. The third kappa shape index (κ3) is 18.0. The summed E-state index contributed by atoms with van der Waals surface area (Å²) in [5.41, 5.74) is 0. The van der Waals surface area contributed by atoms with Gasteiger partial charge in [0, 0.05) is 0 Å². The molecule has 2 unspecified atom stereocenters. The van der Waals surface area contributed by atoms with E-state index in [1.54, 1.807) is 0 Å². The second-order valence-corrected chi connectivity index (χ2v) is 7.11. The van der Waals surface area contributed by atoms with E-state index in [2.05, 4.69) is 6.92 Å². The van der Waals surface area contributed by atoms with Crippen LogP contribution in [0, 0.1) is 0 Å². The SMILES string of the molecule is CCCCC(O)CCCCCCCCCCCCCC(C)O. The molecule has 2 atom stereocenters. The van der Waals surface area contributed by atoms with Gasteiger partial charge in [0.15, 0.2) is 0 Å². The molecule has 0 aliphatic rings. The molecule has 0 aliphatic carbocycles. The average Bonchev–Trinajstić information content (AvgIpc) is 2.49. The van der Waals surface area contributed by atoms with Crippen molar-refractivity contribution in [2.45, 2.75) is 129 Å². The highest BCUT2D eigenvalue weighted by Gasteiger charge is 2.02. The standard InChI is InChI=1S/C20H42O2/c1-3-4-17-20(22)18-15-13-11-9-7-5-6-8-10-12-14-16-19(2)21/h19-22H,3-18H2,1-2H3. The van der Waals surface area contributed by atoms with Gasteiger partial charge < -0.3 is 10.2 Å². The van der Waals surface area contributed by atoms with Crippen molar-refractivity contribution in [2.75, 3.05) is 0 Å². The number of aliphatic hydroxyl groups excluding tert-OH is 2. The molecule has 2 nitrogen and oxygen atoms in total. The first-order valence-corrected chi connectivity index (χ1v) is 10.0. The van der Waals surface area contributed by atoms with Crippen LogP contribution in [0.15, 0.2) is 0 Å². The molecule has 0 aromatic carbocycles. The van der Waals surface area contributed by atoms with Crippen molar-refractivity contribution in [1.29, 1.82) is 0 Å². The molecule has 0 radical (unpaired) electrons. The zero-order chi connectivity index (χ0) is 16.5. The van der Waals surface area contributed by atoms with Gasteiger partial charge in [0.1, 0.15) is 0 Å². The van der Waals surface area contributed by atoms with Gasteiger partial charge >= 0.3 is 0 Å². The van der Waals surface area contributed by atoms with E-state index >= 15 is 0 Å². The average molecular weight is 315 g/mol. The minimum atomic E-state index is -0.118. The predicted octanol–water partition coefficient (Wildman–Crippen LogP) is 5.99. The highest BCUT2D eigenvalue weighted by atomic mass is 16.3. The monoisotopic (exact) mass is 314 g/mol. The first kappa shape index (κ1) is 21.9. The molecule has 134 valence electrons. The van der Waals surface area contributed by atoms with E-state index < -0.39 is 0 Å². The summed E-state index contributed by atoms with van der Waals surface area (Å²) in [5, 5.41) is 18.9. The van der Waals surface area contributed by atoms with Crippen LogP contribution in [-0.2, 0) is 0 Å². The van der Waals surface area contributed by atoms with Crippen molar-refractivity contribution >= 4 is 0 Å². The fourth-order valence-electron chi connectivity index (χ4n) is 2.99. The highest BCUT2D eigenvalue weighted by molar-refractivity contribution is 4.56. The second kappa shape index (κ2) is 17.3. The molecule has 0 aliphatic heterocycles. The van der Waals surface area contributed by atoms with Crippen LogP contribution in [0.2, 0.25) is 0 Å². The summed E-state index contributed by atoms with van der Waals surface area (Å²) in [6.07, 6.45) is 19.7. The Labute approximate surface area is 139 Å². The second-order valence-electron chi connectivity index (χ2n) is 7.11. The number of rotatable bonds is 17. The van der Waals surface area contributed by atoms with Gasteiger partial charge in [-0.3, -0.25) is 0 Å². The molecule has 2 N–H and O–H groups in total. The number of unbranched alkanes of at least 4 members (excludes halogenated alkanes) is 11. The summed E-state index contributed by atoms with van der Waals surface area (Å²) in [6, 6.07) is 0. The van der Waals surface area contributed by atoms with Crippen molar-refractivity contribution < 1.29 is 10.2 Å². The van der Waals surface area contributed by atoms with E-state index in [9.17, 15) is 5.11 Å². The minimum absolute atomic E-state index is 0.0474. The maximum Gasteiger partial charge on any atom is 0.0540 e. The summed E-state index contributed by atoms with van der Waals surface area (Å²) in [4.78, 5) is 0. The first-order valence-electron chi connectivity index (χ1n) is 10.0. The maximum absolute atomic E-state index is 9.76. The van der Waals surface area contributed by atoms with E-state index in [1.807, 2.05) is 6.92 Å². The topological polar surface area (TPSA) is 40.5 Å². The van der Waals surface area contributed by atoms with Gasteiger partial charge in [-0.05, 0) is 26.2 Å². The zero-order valence-corrected chi connectivity index (χ0v) is 15.4. The summed E-state index contributed by atoms with van der Waals surface area (Å²) in [5.74, 6) is 0. The van der Waals surface area contributed by atoms with Gasteiger partial charge in [0.05, 0.1) is 12.2 Å². The van der Waals surface area contributed by atoms with Crippen LogP contribution in [0.5, 0.6) is 0 Å². The van der Waals surface area contributed by atoms with Crippen LogP contribution < -0.4 is 0 Å². The van der Waals surface area contributed by atoms with Crippen molar-refractivity contribution in [3.63, 3.8) is 0 Å². The van der Waals surface area contributed by atoms with Gasteiger partial charge in [-0.15, -0.1) is 0 Å². The molecule has 0 rings (SSSR count). The van der Waals surface area contributed by atoms with Gasteiger partial charge in [-0.2, -0.15) is 0 Å². The largest absolute Gasteiger partial charge is 0.393 e. The Kier molecular flexibility index (Phi) is 17.2. The van der Waals surface area contributed by atoms with Gasteiger partial charge in [-0.1, -0.05) is 90.4 Å². The first-order chi connectivity index (χ1) is 10.7. The lowest BCUT2D eigenvalue weighted by molar-refractivity contribution is 0.148. The van der Waals surface area contributed by atoms with E-state index in [4.69, 9.17) is 5.11 Å². The Bertz CT molecular complexity index is 204. The molecular formula is C20H42O2. The maximum atomic E-state index is 9.76. The molecule has 0 saturated carbocycles. The Hall–Kier alpha value is -0.0800. The molecule has 0 amide bonds. The van der Waals surface area contributed by atoms with E-state index in [0.29, 0.717) is 0 Å². The molecule has 0 heterocycles. The third-order valence-electron chi connectivity index (χ3n) is 4.55. The lowest BCUT2D eigenvalue weighted by atomic mass is 10.0. The van der Waals surface area contributed by atoms with Gasteiger partial charge in [0.2, 0.25) is 0 Å². The third-order valence-corrected chi connectivity index (χ3v) is 4.55. The van der Waals surface area contributed by atoms with Crippen LogP contribution in [0.3, 0.4) is 0 Å². The van der Waals surface area contributed by atoms with Gasteiger partial charge in [-0.25, -0.2) is 0 Å². The number of aliphatic hydroxyl groups is 2. The van der Waals surface area contributed by atoms with Crippen LogP contribution in [0.4, 0.5) is 0 Å². The van der Waals surface area contributed by atoms with E-state index in [0.717, 1.165) is 19.3 Å². The summed E-state index contributed by atoms with van der Waals surface area (Å²) >= 11 is 0. The zero-order valence-electron chi connectivity index (χ0n) is 15.4. The summed E-state index contributed by atoms with van der Waals surface area (Å²) in [6.45, 7) is 4.06. The van der Waals surface area contributed by atoms with E-state index in [1.165, 1.54) is 83.5 Å². The van der Waals surface area contributed by atoms with Crippen LogP contribution in [0.25, 0.3) is 0 Å². The predicted molar refractivity (Wildman–Crippen MR) is 97.2 cm³/mol. The lowest BCUT2D eigenvalue weighted by Crippen LogP contribution is -2.05. The Morgan fingerprint density at radius 2 is 0.909 bits per heavy atom. The van der Waals surface area contributed by atoms with Crippen molar-refractivity contribution in [2.24, 2.45) is 0 Å². The van der Waals surface area contributed by atoms with Gasteiger partial charge in [0.25, 0.3) is 0 Å². The van der Waals surface area contributed by atoms with Crippen molar-refractivity contribution in [3.05, 3.63) is 0 Å². The molecule has 0 spiro atoms.